The van der Waals surface area contributed by atoms with Gasteiger partial charge in [-0.25, -0.2) is 0 Å². The molecule has 0 atom stereocenters. The summed E-state index contributed by atoms with van der Waals surface area (Å²) < 4.78 is 0. The van der Waals surface area contributed by atoms with Crippen LogP contribution in [0.2, 0.25) is 0 Å². The maximum absolute atomic E-state index is 3.50. The molecule has 0 saturated carbocycles. The lowest BCUT2D eigenvalue weighted by Gasteiger charge is -2.03. The molecule has 0 unspecified atom stereocenters. The highest BCUT2D eigenvalue weighted by molar-refractivity contribution is 9.09. The van der Waals surface area contributed by atoms with E-state index in [-0.39, 0.29) is 7.43 Å². The molecule has 0 aliphatic carbocycles. The fourth-order valence-electron chi connectivity index (χ4n) is 3.00. The first-order chi connectivity index (χ1) is 10.4. The Morgan fingerprint density at radius 3 is 0.864 bits per heavy atom. The molecule has 0 amide bonds. The normalized spacial score (nSPS) is 10.6. The Balaban J connectivity index is 0. The fraction of sp³-hybridized carbons (Fsp3) is 1.00. The molecular formula is C21H45Br. The lowest BCUT2D eigenvalue weighted by molar-refractivity contribution is 0.527. The van der Waals surface area contributed by atoms with E-state index >= 15 is 0 Å². The van der Waals surface area contributed by atoms with Crippen LogP contribution in [-0.4, -0.2) is 5.33 Å². The van der Waals surface area contributed by atoms with Crippen molar-refractivity contribution < 1.29 is 0 Å². The largest absolute Gasteiger partial charge is 0.0928 e. The minimum Gasteiger partial charge on any atom is -0.0928 e. The molecule has 0 nitrogen and oxygen atoms in total. The second kappa shape index (κ2) is 23.7. The molecule has 0 aromatic heterocycles. The smallest absolute Gasteiger partial charge is 0.00313 e. The van der Waals surface area contributed by atoms with E-state index in [2.05, 4.69) is 22.9 Å². The third-order valence-electron chi connectivity index (χ3n) is 4.49. The van der Waals surface area contributed by atoms with Gasteiger partial charge in [-0.3, -0.25) is 0 Å². The Hall–Kier alpha value is 0.480. The minimum atomic E-state index is 0. The van der Waals surface area contributed by atoms with E-state index in [4.69, 9.17) is 0 Å². The average Bonchev–Trinajstić information content (AvgIpc) is 2.50. The van der Waals surface area contributed by atoms with Gasteiger partial charge in [-0.1, -0.05) is 139 Å². The van der Waals surface area contributed by atoms with Crippen molar-refractivity contribution in [2.45, 2.75) is 130 Å². The van der Waals surface area contributed by atoms with Gasteiger partial charge in [0.2, 0.25) is 0 Å². The van der Waals surface area contributed by atoms with Gasteiger partial charge in [0.05, 0.1) is 0 Å². The van der Waals surface area contributed by atoms with Crippen LogP contribution in [0.1, 0.15) is 130 Å². The highest BCUT2D eigenvalue weighted by atomic mass is 79.9. The van der Waals surface area contributed by atoms with Gasteiger partial charge in [0.25, 0.3) is 0 Å². The number of hydrogen-bond acceptors (Lipinski definition) is 0. The summed E-state index contributed by atoms with van der Waals surface area (Å²) in [5.74, 6) is 0. The second-order valence-corrected chi connectivity index (χ2v) is 7.49. The molecule has 1 heteroatoms. The molecule has 0 aliphatic heterocycles. The summed E-state index contributed by atoms with van der Waals surface area (Å²) >= 11 is 3.50. The van der Waals surface area contributed by atoms with E-state index in [0.717, 1.165) is 0 Å². The Morgan fingerprint density at radius 1 is 0.409 bits per heavy atom. The maximum Gasteiger partial charge on any atom is 0.00313 e. The number of halogens is 1. The summed E-state index contributed by atoms with van der Waals surface area (Å²) in [6.45, 7) is 2.30. The summed E-state index contributed by atoms with van der Waals surface area (Å²) in [6.07, 6.45) is 26.3. The topological polar surface area (TPSA) is 0 Å². The van der Waals surface area contributed by atoms with E-state index in [0.29, 0.717) is 0 Å². The van der Waals surface area contributed by atoms with Gasteiger partial charge in [0.1, 0.15) is 0 Å². The maximum atomic E-state index is 3.50. The van der Waals surface area contributed by atoms with Crippen LogP contribution in [-0.2, 0) is 0 Å². The molecule has 0 saturated heterocycles. The molecule has 0 N–H and O–H groups in total. The van der Waals surface area contributed by atoms with E-state index < -0.39 is 0 Å². The molecule has 136 valence electrons. The zero-order valence-corrected chi connectivity index (χ0v) is 16.4. The summed E-state index contributed by atoms with van der Waals surface area (Å²) in [4.78, 5) is 0. The van der Waals surface area contributed by atoms with Crippen LogP contribution in [0.5, 0.6) is 0 Å². The van der Waals surface area contributed by atoms with Crippen LogP contribution in [0.4, 0.5) is 0 Å². The molecule has 0 aromatic rings. The van der Waals surface area contributed by atoms with Crippen LogP contribution < -0.4 is 0 Å². The number of hydrogen-bond donors (Lipinski definition) is 0. The lowest BCUT2D eigenvalue weighted by Crippen LogP contribution is -1.84. The zero-order valence-electron chi connectivity index (χ0n) is 14.8. The third kappa shape index (κ3) is 22.8. The molecule has 0 spiro atoms. The fourth-order valence-corrected chi connectivity index (χ4v) is 3.39. The summed E-state index contributed by atoms with van der Waals surface area (Å²) in [7, 11) is 0. The van der Waals surface area contributed by atoms with Gasteiger partial charge in [0, 0.05) is 5.33 Å². The van der Waals surface area contributed by atoms with Gasteiger partial charge in [-0.05, 0) is 6.42 Å². The Labute approximate surface area is 151 Å². The molecule has 0 radical (unpaired) electrons. The van der Waals surface area contributed by atoms with Crippen LogP contribution in [0.25, 0.3) is 0 Å². The zero-order chi connectivity index (χ0) is 15.4. The van der Waals surface area contributed by atoms with Crippen LogP contribution in [0.3, 0.4) is 0 Å². The minimum absolute atomic E-state index is 0. The molecule has 0 rings (SSSR count). The van der Waals surface area contributed by atoms with Crippen molar-refractivity contribution in [3.8, 4) is 0 Å². The van der Waals surface area contributed by atoms with E-state index in [1.54, 1.807) is 0 Å². The molecular weight excluding hydrogens is 332 g/mol. The number of alkyl halides is 1. The lowest BCUT2D eigenvalue weighted by atomic mass is 10.0. The second-order valence-electron chi connectivity index (χ2n) is 6.70. The molecule has 0 heterocycles. The van der Waals surface area contributed by atoms with E-state index in [1.807, 2.05) is 0 Å². The molecule has 0 aliphatic rings. The highest BCUT2D eigenvalue weighted by Crippen LogP contribution is 2.14. The summed E-state index contributed by atoms with van der Waals surface area (Å²) in [6, 6.07) is 0. The van der Waals surface area contributed by atoms with Gasteiger partial charge in [-0.15, -0.1) is 0 Å². The highest BCUT2D eigenvalue weighted by Gasteiger charge is 1.94. The standard InChI is InChI=1S/C20H41Br.CH4/c1-2-3-4-5-6-7-8-9-10-11-12-13-14-15-16-17-18-19-20-21;/h2-20H2,1H3;1H4. The van der Waals surface area contributed by atoms with Gasteiger partial charge < -0.3 is 0 Å². The molecule has 0 fully saturated rings. The summed E-state index contributed by atoms with van der Waals surface area (Å²) in [5, 5.41) is 1.19. The summed E-state index contributed by atoms with van der Waals surface area (Å²) in [5.41, 5.74) is 0. The van der Waals surface area contributed by atoms with Crippen molar-refractivity contribution in [3.63, 3.8) is 0 Å². The van der Waals surface area contributed by atoms with Crippen molar-refractivity contribution in [3.05, 3.63) is 0 Å². The van der Waals surface area contributed by atoms with Crippen molar-refractivity contribution in [2.75, 3.05) is 5.33 Å². The average molecular weight is 377 g/mol. The quantitative estimate of drug-likeness (QED) is 0.165. The number of unbranched alkanes of at least 4 members (excludes halogenated alkanes) is 17. The van der Waals surface area contributed by atoms with E-state index in [1.165, 1.54) is 121 Å². The van der Waals surface area contributed by atoms with Crippen molar-refractivity contribution >= 4 is 15.9 Å². The monoisotopic (exact) mass is 376 g/mol. The first kappa shape index (κ1) is 24.7. The number of rotatable bonds is 18. The third-order valence-corrected chi connectivity index (χ3v) is 5.05. The molecule has 22 heavy (non-hydrogen) atoms. The predicted octanol–water partition coefficient (Wildman–Crippen LogP) is 9.06. The SMILES string of the molecule is C.CCCCCCCCCCCCCCCCCCCCBr. The Bertz CT molecular complexity index is 149. The van der Waals surface area contributed by atoms with Gasteiger partial charge in [-0.2, -0.15) is 0 Å². The van der Waals surface area contributed by atoms with Crippen molar-refractivity contribution in [1.82, 2.24) is 0 Å². The van der Waals surface area contributed by atoms with Crippen molar-refractivity contribution in [1.29, 1.82) is 0 Å². The molecule has 0 aromatic carbocycles. The van der Waals surface area contributed by atoms with Gasteiger partial charge >= 0.3 is 0 Å². The Morgan fingerprint density at radius 2 is 0.636 bits per heavy atom. The predicted molar refractivity (Wildman–Crippen MR) is 109 cm³/mol. The Kier molecular flexibility index (Phi) is 26.7. The van der Waals surface area contributed by atoms with Gasteiger partial charge in [0.15, 0.2) is 0 Å². The van der Waals surface area contributed by atoms with Crippen molar-refractivity contribution in [2.24, 2.45) is 0 Å². The van der Waals surface area contributed by atoms with Crippen LogP contribution in [0, 0.1) is 0 Å². The first-order valence-corrected chi connectivity index (χ1v) is 11.1. The first-order valence-electron chi connectivity index (χ1n) is 9.97. The molecule has 0 bridgehead atoms. The van der Waals surface area contributed by atoms with E-state index in [9.17, 15) is 0 Å². The van der Waals surface area contributed by atoms with Crippen LogP contribution >= 0.6 is 15.9 Å². The van der Waals surface area contributed by atoms with Crippen LogP contribution in [0.15, 0.2) is 0 Å².